The third-order valence-electron chi connectivity index (χ3n) is 3.80. The summed E-state index contributed by atoms with van der Waals surface area (Å²) in [5.41, 5.74) is 1.09. The maximum Gasteiger partial charge on any atom is 0.186 e. The van der Waals surface area contributed by atoms with Crippen molar-refractivity contribution in [3.8, 4) is 0 Å². The topological polar surface area (TPSA) is 33.2 Å². The van der Waals surface area contributed by atoms with Crippen LogP contribution in [0.4, 0.5) is 5.13 Å². The standard InChI is InChI=1S/C14H20N2OS/c1-10(17)13-12(11-6-7-11)15-14(18-13)16-8-4-2-3-5-9-16/h11H,2-9H2,1H3. The van der Waals surface area contributed by atoms with Gasteiger partial charge in [-0.1, -0.05) is 24.2 Å². The van der Waals surface area contributed by atoms with E-state index in [9.17, 15) is 4.79 Å². The highest BCUT2D eigenvalue weighted by Crippen LogP contribution is 2.44. The minimum absolute atomic E-state index is 0.190. The summed E-state index contributed by atoms with van der Waals surface area (Å²) in [5.74, 6) is 0.761. The van der Waals surface area contributed by atoms with E-state index in [4.69, 9.17) is 4.98 Å². The van der Waals surface area contributed by atoms with Crippen molar-refractivity contribution in [1.29, 1.82) is 0 Å². The van der Waals surface area contributed by atoms with Crippen molar-refractivity contribution in [3.63, 3.8) is 0 Å². The molecule has 1 saturated carbocycles. The number of rotatable bonds is 3. The van der Waals surface area contributed by atoms with Crippen molar-refractivity contribution >= 4 is 22.3 Å². The van der Waals surface area contributed by atoms with Crippen LogP contribution < -0.4 is 4.90 Å². The molecule has 2 heterocycles. The summed E-state index contributed by atoms with van der Waals surface area (Å²) in [6.45, 7) is 3.88. The first-order valence-corrected chi connectivity index (χ1v) is 7.84. The predicted molar refractivity (Wildman–Crippen MR) is 74.8 cm³/mol. The van der Waals surface area contributed by atoms with Gasteiger partial charge in [0.2, 0.25) is 0 Å². The first-order chi connectivity index (χ1) is 8.75. The van der Waals surface area contributed by atoms with E-state index in [1.54, 1.807) is 18.3 Å². The highest BCUT2D eigenvalue weighted by Gasteiger charge is 2.31. The van der Waals surface area contributed by atoms with Crippen molar-refractivity contribution in [3.05, 3.63) is 10.6 Å². The molecule has 18 heavy (non-hydrogen) atoms. The lowest BCUT2D eigenvalue weighted by molar-refractivity contribution is 0.102. The number of ketones is 1. The molecule has 0 aromatic carbocycles. The van der Waals surface area contributed by atoms with Crippen LogP contribution in [0.15, 0.2) is 0 Å². The Morgan fingerprint density at radius 1 is 1.22 bits per heavy atom. The summed E-state index contributed by atoms with van der Waals surface area (Å²) in [4.78, 5) is 19.8. The first-order valence-electron chi connectivity index (χ1n) is 7.02. The molecule has 98 valence electrons. The molecular formula is C14H20N2OS. The molecule has 0 bridgehead atoms. The Hall–Kier alpha value is -0.900. The van der Waals surface area contributed by atoms with Gasteiger partial charge in [-0.15, -0.1) is 0 Å². The summed E-state index contributed by atoms with van der Waals surface area (Å²) in [7, 11) is 0. The van der Waals surface area contributed by atoms with E-state index in [2.05, 4.69) is 4.90 Å². The summed E-state index contributed by atoms with van der Waals surface area (Å²) in [6.07, 6.45) is 7.60. The number of thiazole rings is 1. The number of carbonyl (C=O) groups excluding carboxylic acids is 1. The maximum absolute atomic E-state index is 11.7. The fourth-order valence-electron chi connectivity index (χ4n) is 2.60. The molecule has 1 aromatic heterocycles. The van der Waals surface area contributed by atoms with Crippen molar-refractivity contribution in [1.82, 2.24) is 4.98 Å². The van der Waals surface area contributed by atoms with Crippen LogP contribution in [0, 0.1) is 0 Å². The summed E-state index contributed by atoms with van der Waals surface area (Å²) in [6, 6.07) is 0. The highest BCUT2D eigenvalue weighted by molar-refractivity contribution is 7.17. The van der Waals surface area contributed by atoms with Crippen LogP contribution >= 0.6 is 11.3 Å². The van der Waals surface area contributed by atoms with Crippen LogP contribution in [0.2, 0.25) is 0 Å². The summed E-state index contributed by atoms with van der Waals surface area (Å²) < 4.78 is 0. The summed E-state index contributed by atoms with van der Waals surface area (Å²) in [5, 5.41) is 1.09. The molecule has 0 spiro atoms. The Morgan fingerprint density at radius 3 is 2.44 bits per heavy atom. The third-order valence-corrected chi connectivity index (χ3v) is 5.04. The Labute approximate surface area is 112 Å². The minimum Gasteiger partial charge on any atom is -0.348 e. The number of Topliss-reactive ketones (excluding diaryl/α,β-unsaturated/α-hetero) is 1. The van der Waals surface area contributed by atoms with Crippen LogP contribution in [0.3, 0.4) is 0 Å². The van der Waals surface area contributed by atoms with E-state index in [-0.39, 0.29) is 5.78 Å². The zero-order valence-corrected chi connectivity index (χ0v) is 11.8. The highest BCUT2D eigenvalue weighted by atomic mass is 32.1. The van der Waals surface area contributed by atoms with E-state index in [1.165, 1.54) is 38.5 Å². The van der Waals surface area contributed by atoms with Gasteiger partial charge in [0, 0.05) is 25.9 Å². The fourth-order valence-corrected chi connectivity index (χ4v) is 3.70. The summed E-state index contributed by atoms with van der Waals surface area (Å²) >= 11 is 1.62. The number of anilines is 1. The molecule has 2 fully saturated rings. The van der Waals surface area contributed by atoms with E-state index in [1.807, 2.05) is 0 Å². The third kappa shape index (κ3) is 2.44. The zero-order chi connectivity index (χ0) is 12.5. The molecule has 4 heteroatoms. The van der Waals surface area contributed by atoms with Crippen LogP contribution in [-0.4, -0.2) is 23.9 Å². The van der Waals surface area contributed by atoms with Gasteiger partial charge in [0.05, 0.1) is 10.6 Å². The van der Waals surface area contributed by atoms with Gasteiger partial charge in [-0.25, -0.2) is 4.98 Å². The average molecular weight is 264 g/mol. The number of hydrogen-bond donors (Lipinski definition) is 0. The molecule has 3 rings (SSSR count). The van der Waals surface area contributed by atoms with Gasteiger partial charge in [-0.05, 0) is 25.7 Å². The molecule has 1 aliphatic carbocycles. The number of aromatic nitrogens is 1. The molecule has 0 radical (unpaired) electrons. The number of nitrogens with zero attached hydrogens (tertiary/aromatic N) is 2. The van der Waals surface area contributed by atoms with Gasteiger partial charge in [-0.2, -0.15) is 0 Å². The first kappa shape index (κ1) is 12.2. The Bertz CT molecular complexity index is 443. The van der Waals surface area contributed by atoms with Crippen molar-refractivity contribution in [2.75, 3.05) is 18.0 Å². The second-order valence-corrected chi connectivity index (χ2v) is 6.42. The zero-order valence-electron chi connectivity index (χ0n) is 10.9. The quantitative estimate of drug-likeness (QED) is 0.782. The van der Waals surface area contributed by atoms with Crippen LogP contribution in [0.5, 0.6) is 0 Å². The van der Waals surface area contributed by atoms with E-state index < -0.39 is 0 Å². The van der Waals surface area contributed by atoms with Crippen molar-refractivity contribution in [2.45, 2.75) is 51.4 Å². The molecule has 0 N–H and O–H groups in total. The minimum atomic E-state index is 0.190. The molecular weight excluding hydrogens is 244 g/mol. The van der Waals surface area contributed by atoms with Gasteiger partial charge in [0.15, 0.2) is 10.9 Å². The predicted octanol–water partition coefficient (Wildman–Crippen LogP) is 3.60. The number of hydrogen-bond acceptors (Lipinski definition) is 4. The second kappa shape index (κ2) is 5.00. The van der Waals surface area contributed by atoms with Crippen LogP contribution in [-0.2, 0) is 0 Å². The maximum atomic E-state index is 11.7. The largest absolute Gasteiger partial charge is 0.348 e. The fraction of sp³-hybridized carbons (Fsp3) is 0.714. The Kier molecular flexibility index (Phi) is 3.37. The normalized spacial score (nSPS) is 20.8. The van der Waals surface area contributed by atoms with Gasteiger partial charge >= 0.3 is 0 Å². The SMILES string of the molecule is CC(=O)c1sc(N2CCCCCC2)nc1C1CC1. The van der Waals surface area contributed by atoms with Gasteiger partial charge in [-0.3, -0.25) is 4.79 Å². The van der Waals surface area contributed by atoms with E-state index >= 15 is 0 Å². The van der Waals surface area contributed by atoms with E-state index in [0.29, 0.717) is 5.92 Å². The lowest BCUT2D eigenvalue weighted by Gasteiger charge is -2.18. The molecule has 1 saturated heterocycles. The molecule has 1 aromatic rings. The monoisotopic (exact) mass is 264 g/mol. The smallest absolute Gasteiger partial charge is 0.186 e. The van der Waals surface area contributed by atoms with Gasteiger partial charge in [0.1, 0.15) is 0 Å². The Balaban J connectivity index is 1.86. The lowest BCUT2D eigenvalue weighted by Crippen LogP contribution is -2.23. The van der Waals surface area contributed by atoms with Crippen molar-refractivity contribution in [2.24, 2.45) is 0 Å². The van der Waals surface area contributed by atoms with Crippen molar-refractivity contribution < 1.29 is 4.79 Å². The second-order valence-electron chi connectivity index (χ2n) is 5.44. The Morgan fingerprint density at radius 2 is 1.89 bits per heavy atom. The average Bonchev–Trinajstić information content (AvgIpc) is 3.14. The van der Waals surface area contributed by atoms with Crippen LogP contribution in [0.25, 0.3) is 0 Å². The molecule has 0 amide bonds. The molecule has 0 unspecified atom stereocenters. The number of carbonyl (C=O) groups is 1. The molecule has 0 atom stereocenters. The van der Waals surface area contributed by atoms with E-state index in [0.717, 1.165) is 28.8 Å². The molecule has 2 aliphatic rings. The van der Waals surface area contributed by atoms with Crippen LogP contribution in [0.1, 0.15) is 66.7 Å². The lowest BCUT2D eigenvalue weighted by atomic mass is 10.2. The van der Waals surface area contributed by atoms with Gasteiger partial charge in [0.25, 0.3) is 0 Å². The van der Waals surface area contributed by atoms with Gasteiger partial charge < -0.3 is 4.90 Å². The molecule has 1 aliphatic heterocycles. The molecule has 3 nitrogen and oxygen atoms in total.